The lowest BCUT2D eigenvalue weighted by Gasteiger charge is -2.30. The highest BCUT2D eigenvalue weighted by Crippen LogP contribution is 2.17. The van der Waals surface area contributed by atoms with E-state index in [4.69, 9.17) is 9.47 Å². The fourth-order valence-electron chi connectivity index (χ4n) is 2.97. The molecule has 1 heterocycles. The van der Waals surface area contributed by atoms with Crippen molar-refractivity contribution in [3.63, 3.8) is 0 Å². The Hall–Kier alpha value is -2.08. The lowest BCUT2D eigenvalue weighted by Crippen LogP contribution is -2.50. The van der Waals surface area contributed by atoms with Gasteiger partial charge < -0.3 is 19.7 Å². The van der Waals surface area contributed by atoms with Gasteiger partial charge in [0.2, 0.25) is 11.8 Å². The predicted molar refractivity (Wildman–Crippen MR) is 99.8 cm³/mol. The van der Waals surface area contributed by atoms with Crippen molar-refractivity contribution in [2.75, 3.05) is 20.3 Å². The molecular formula is C20H30N2O4. The summed E-state index contributed by atoms with van der Waals surface area (Å²) in [5.41, 5.74) is 0.957. The Bertz CT molecular complexity index is 594. The molecule has 0 spiro atoms. The first-order chi connectivity index (χ1) is 12.4. The van der Waals surface area contributed by atoms with Crippen LogP contribution in [0.25, 0.3) is 0 Å². The molecule has 0 aromatic heterocycles. The average Bonchev–Trinajstić information content (AvgIpc) is 3.17. The zero-order valence-electron chi connectivity index (χ0n) is 16.2. The summed E-state index contributed by atoms with van der Waals surface area (Å²) in [6.07, 6.45) is 2.09. The van der Waals surface area contributed by atoms with Gasteiger partial charge >= 0.3 is 0 Å². The molecule has 1 aliphatic rings. The molecule has 1 N–H and O–H groups in total. The lowest BCUT2D eigenvalue weighted by atomic mass is 10.1. The van der Waals surface area contributed by atoms with Crippen molar-refractivity contribution in [2.45, 2.75) is 52.3 Å². The molecule has 0 bridgehead atoms. The number of rotatable bonds is 8. The number of carbonyl (C=O) groups excluding carboxylic acids is 2. The van der Waals surface area contributed by atoms with Crippen molar-refractivity contribution >= 4 is 11.8 Å². The molecule has 6 nitrogen and oxygen atoms in total. The number of methoxy groups -OCH3 is 1. The van der Waals surface area contributed by atoms with E-state index >= 15 is 0 Å². The number of carbonyl (C=O) groups is 2. The molecule has 1 aromatic carbocycles. The molecular weight excluding hydrogens is 332 g/mol. The first-order valence-corrected chi connectivity index (χ1v) is 9.25. The Morgan fingerprint density at radius 3 is 2.50 bits per heavy atom. The Kier molecular flexibility index (Phi) is 7.45. The molecule has 0 radical (unpaired) electrons. The van der Waals surface area contributed by atoms with Gasteiger partial charge in [0.05, 0.1) is 13.2 Å². The van der Waals surface area contributed by atoms with Gasteiger partial charge in [0.1, 0.15) is 11.8 Å². The van der Waals surface area contributed by atoms with Gasteiger partial charge in [0.15, 0.2) is 0 Å². The van der Waals surface area contributed by atoms with E-state index in [2.05, 4.69) is 5.32 Å². The molecule has 1 aliphatic heterocycles. The molecule has 2 atom stereocenters. The van der Waals surface area contributed by atoms with Gasteiger partial charge in [-0.05, 0) is 37.5 Å². The zero-order chi connectivity index (χ0) is 19.1. The maximum atomic E-state index is 12.7. The van der Waals surface area contributed by atoms with Gasteiger partial charge in [-0.25, -0.2) is 0 Å². The Morgan fingerprint density at radius 2 is 1.96 bits per heavy atom. The van der Waals surface area contributed by atoms with Crippen molar-refractivity contribution in [1.29, 1.82) is 0 Å². The lowest BCUT2D eigenvalue weighted by molar-refractivity contribution is -0.143. The molecule has 1 aromatic rings. The molecule has 6 heteroatoms. The average molecular weight is 362 g/mol. The third-order valence-corrected chi connectivity index (χ3v) is 4.66. The number of benzene rings is 1. The third kappa shape index (κ3) is 5.46. The molecule has 1 saturated heterocycles. The number of hydrogen-bond acceptors (Lipinski definition) is 4. The summed E-state index contributed by atoms with van der Waals surface area (Å²) in [7, 11) is 1.62. The van der Waals surface area contributed by atoms with Crippen LogP contribution in [0.1, 0.15) is 39.2 Å². The molecule has 26 heavy (non-hydrogen) atoms. The number of nitrogens with zero attached hydrogens (tertiary/aromatic N) is 1. The fraction of sp³-hybridized carbons (Fsp3) is 0.600. The number of hydrogen-bond donors (Lipinski definition) is 1. The Labute approximate surface area is 155 Å². The Morgan fingerprint density at radius 1 is 1.27 bits per heavy atom. The van der Waals surface area contributed by atoms with Crippen LogP contribution in [-0.4, -0.2) is 49.1 Å². The minimum atomic E-state index is -0.548. The maximum absolute atomic E-state index is 12.7. The van der Waals surface area contributed by atoms with E-state index in [9.17, 15) is 9.59 Å². The minimum absolute atomic E-state index is 0.0411. The van der Waals surface area contributed by atoms with Crippen LogP contribution >= 0.6 is 0 Å². The largest absolute Gasteiger partial charge is 0.497 e. The van der Waals surface area contributed by atoms with Crippen molar-refractivity contribution < 1.29 is 19.1 Å². The van der Waals surface area contributed by atoms with Crippen LogP contribution in [0.15, 0.2) is 24.3 Å². The third-order valence-electron chi connectivity index (χ3n) is 4.66. The van der Waals surface area contributed by atoms with Gasteiger partial charge in [-0.2, -0.15) is 0 Å². The van der Waals surface area contributed by atoms with E-state index in [0.29, 0.717) is 13.1 Å². The van der Waals surface area contributed by atoms with E-state index in [1.165, 1.54) is 0 Å². The second kappa shape index (κ2) is 9.57. The monoisotopic (exact) mass is 362 g/mol. The SMILES string of the molecule is COc1ccc(CN(C(=O)C(C)C)C(C)C(=O)NCC2CCCO2)cc1. The molecule has 2 rings (SSSR count). The molecule has 2 unspecified atom stereocenters. The van der Waals surface area contributed by atoms with E-state index in [0.717, 1.165) is 30.8 Å². The Balaban J connectivity index is 2.03. The van der Waals surface area contributed by atoms with Gasteiger partial charge in [0.25, 0.3) is 0 Å². The summed E-state index contributed by atoms with van der Waals surface area (Å²) < 4.78 is 10.7. The summed E-state index contributed by atoms with van der Waals surface area (Å²) in [6, 6.07) is 6.99. The van der Waals surface area contributed by atoms with Crippen LogP contribution in [0.3, 0.4) is 0 Å². The van der Waals surface area contributed by atoms with Crippen molar-refractivity contribution in [3.8, 4) is 5.75 Å². The summed E-state index contributed by atoms with van der Waals surface area (Å²) in [5, 5.41) is 2.92. The van der Waals surface area contributed by atoms with Gasteiger partial charge in [-0.3, -0.25) is 9.59 Å². The standard InChI is InChI=1S/C20H30N2O4/c1-14(2)20(24)22(13-16-7-9-17(25-4)10-8-16)15(3)19(23)21-12-18-6-5-11-26-18/h7-10,14-15,18H,5-6,11-13H2,1-4H3,(H,21,23). The van der Waals surface area contributed by atoms with E-state index < -0.39 is 6.04 Å². The van der Waals surface area contributed by atoms with Crippen LogP contribution in [0, 0.1) is 5.92 Å². The van der Waals surface area contributed by atoms with E-state index in [1.54, 1.807) is 18.9 Å². The fourth-order valence-corrected chi connectivity index (χ4v) is 2.97. The smallest absolute Gasteiger partial charge is 0.242 e. The summed E-state index contributed by atoms with van der Waals surface area (Å²) in [6.45, 7) is 7.10. The zero-order valence-corrected chi connectivity index (χ0v) is 16.2. The second-order valence-electron chi connectivity index (χ2n) is 7.03. The van der Waals surface area contributed by atoms with Gasteiger partial charge in [-0.15, -0.1) is 0 Å². The molecule has 0 saturated carbocycles. The normalized spacial score (nSPS) is 17.8. The predicted octanol–water partition coefficient (Wildman–Crippen LogP) is 2.36. The van der Waals surface area contributed by atoms with Crippen LogP contribution in [-0.2, 0) is 20.9 Å². The van der Waals surface area contributed by atoms with Gasteiger partial charge in [-0.1, -0.05) is 26.0 Å². The summed E-state index contributed by atoms with van der Waals surface area (Å²) >= 11 is 0. The number of ether oxygens (including phenoxy) is 2. The summed E-state index contributed by atoms with van der Waals surface area (Å²) in [4.78, 5) is 26.9. The molecule has 1 fully saturated rings. The maximum Gasteiger partial charge on any atom is 0.242 e. The van der Waals surface area contributed by atoms with Crippen LogP contribution in [0.5, 0.6) is 5.75 Å². The van der Waals surface area contributed by atoms with Crippen molar-refractivity contribution in [3.05, 3.63) is 29.8 Å². The molecule has 0 aliphatic carbocycles. The highest BCUT2D eigenvalue weighted by Gasteiger charge is 2.28. The van der Waals surface area contributed by atoms with Crippen LogP contribution in [0.4, 0.5) is 0 Å². The number of amides is 2. The summed E-state index contributed by atoms with van der Waals surface area (Å²) in [5.74, 6) is 0.392. The van der Waals surface area contributed by atoms with Crippen molar-refractivity contribution in [2.24, 2.45) is 5.92 Å². The van der Waals surface area contributed by atoms with E-state index in [1.807, 2.05) is 38.1 Å². The second-order valence-corrected chi connectivity index (χ2v) is 7.03. The topological polar surface area (TPSA) is 67.9 Å². The van der Waals surface area contributed by atoms with Crippen LogP contribution in [0.2, 0.25) is 0 Å². The first kappa shape index (κ1) is 20.2. The minimum Gasteiger partial charge on any atom is -0.497 e. The highest BCUT2D eigenvalue weighted by molar-refractivity contribution is 5.88. The molecule has 2 amide bonds. The quantitative estimate of drug-likeness (QED) is 0.771. The van der Waals surface area contributed by atoms with Gasteiger partial charge in [0, 0.05) is 25.6 Å². The van der Waals surface area contributed by atoms with Crippen molar-refractivity contribution in [1.82, 2.24) is 10.2 Å². The molecule has 144 valence electrons. The highest BCUT2D eigenvalue weighted by atomic mass is 16.5. The number of nitrogens with one attached hydrogen (secondary N) is 1. The first-order valence-electron chi connectivity index (χ1n) is 9.25. The van der Waals surface area contributed by atoms with Crippen LogP contribution < -0.4 is 10.1 Å². The van der Waals surface area contributed by atoms with E-state index in [-0.39, 0.29) is 23.8 Å².